The van der Waals surface area contributed by atoms with Gasteiger partial charge in [-0.15, -0.1) is 0 Å². The topological polar surface area (TPSA) is 69.5 Å². The summed E-state index contributed by atoms with van der Waals surface area (Å²) in [5.74, 6) is 0.920. The normalized spacial score (nSPS) is 10.6. The molecule has 2 heterocycles. The van der Waals surface area contributed by atoms with Crippen molar-refractivity contribution in [2.45, 2.75) is 6.54 Å². The zero-order valence-corrected chi connectivity index (χ0v) is 17.0. The van der Waals surface area contributed by atoms with E-state index in [0.717, 1.165) is 5.56 Å². The standard InChI is InChI=1S/C19H18Cl2N4O3/c1-24-11-13(8-23-24)25(19(26)15-7-18(21)22-9-16(15)20)10-12-4-5-14(27-2)6-17(12)28-3/h4-9,11H,10H2,1-3H3. The smallest absolute Gasteiger partial charge is 0.260 e. The van der Waals surface area contributed by atoms with Gasteiger partial charge >= 0.3 is 0 Å². The Morgan fingerprint density at radius 2 is 1.96 bits per heavy atom. The van der Waals surface area contributed by atoms with Crippen molar-refractivity contribution in [2.75, 3.05) is 19.1 Å². The molecule has 0 atom stereocenters. The summed E-state index contributed by atoms with van der Waals surface area (Å²) < 4.78 is 12.3. The second-order valence-electron chi connectivity index (χ2n) is 5.93. The third-order valence-electron chi connectivity index (χ3n) is 4.12. The van der Waals surface area contributed by atoms with E-state index >= 15 is 0 Å². The van der Waals surface area contributed by atoms with Gasteiger partial charge in [0.15, 0.2) is 0 Å². The fraction of sp³-hybridized carbons (Fsp3) is 0.211. The number of nitrogens with zero attached hydrogens (tertiary/aromatic N) is 4. The number of aryl methyl sites for hydroxylation is 1. The van der Waals surface area contributed by atoms with Crippen LogP contribution in [-0.4, -0.2) is 34.9 Å². The number of carbonyl (C=O) groups is 1. The Labute approximate surface area is 172 Å². The monoisotopic (exact) mass is 420 g/mol. The summed E-state index contributed by atoms with van der Waals surface area (Å²) in [6, 6.07) is 6.86. The Morgan fingerprint density at radius 1 is 1.18 bits per heavy atom. The molecule has 1 aromatic carbocycles. The number of halogens is 2. The lowest BCUT2D eigenvalue weighted by Crippen LogP contribution is -2.30. The highest BCUT2D eigenvalue weighted by molar-refractivity contribution is 6.35. The van der Waals surface area contributed by atoms with Crippen LogP contribution in [0.2, 0.25) is 10.2 Å². The summed E-state index contributed by atoms with van der Waals surface area (Å²) in [6.45, 7) is 0.230. The van der Waals surface area contributed by atoms with Crippen molar-refractivity contribution in [2.24, 2.45) is 7.05 Å². The van der Waals surface area contributed by atoms with Crippen LogP contribution in [0.15, 0.2) is 42.9 Å². The first-order valence-corrected chi connectivity index (χ1v) is 9.01. The fourth-order valence-electron chi connectivity index (χ4n) is 2.70. The summed E-state index contributed by atoms with van der Waals surface area (Å²) in [5, 5.41) is 4.56. The second kappa shape index (κ2) is 8.50. The van der Waals surface area contributed by atoms with E-state index in [9.17, 15) is 4.79 Å². The van der Waals surface area contributed by atoms with E-state index in [1.165, 1.54) is 12.3 Å². The molecule has 28 heavy (non-hydrogen) atoms. The molecule has 1 amide bonds. The number of pyridine rings is 1. The molecule has 3 rings (SSSR count). The van der Waals surface area contributed by atoms with Gasteiger partial charge in [0, 0.05) is 31.1 Å². The summed E-state index contributed by atoms with van der Waals surface area (Å²) in [5.41, 5.74) is 1.64. The summed E-state index contributed by atoms with van der Waals surface area (Å²) in [4.78, 5) is 18.8. The molecular weight excluding hydrogens is 403 g/mol. The van der Waals surface area contributed by atoms with Crippen LogP contribution in [0.1, 0.15) is 15.9 Å². The molecule has 0 aliphatic heterocycles. The molecule has 0 spiro atoms. The van der Waals surface area contributed by atoms with Crippen LogP contribution in [-0.2, 0) is 13.6 Å². The highest BCUT2D eigenvalue weighted by atomic mass is 35.5. The SMILES string of the molecule is COc1ccc(CN(C(=O)c2cc(Cl)ncc2Cl)c2cnn(C)c2)c(OC)c1. The van der Waals surface area contributed by atoms with Gasteiger partial charge in [-0.2, -0.15) is 5.10 Å². The number of amides is 1. The molecule has 9 heteroatoms. The minimum absolute atomic E-state index is 0.181. The van der Waals surface area contributed by atoms with Gasteiger partial charge in [-0.1, -0.05) is 23.2 Å². The highest BCUT2D eigenvalue weighted by Gasteiger charge is 2.23. The van der Waals surface area contributed by atoms with E-state index in [1.54, 1.807) is 55.4 Å². The van der Waals surface area contributed by atoms with E-state index in [1.807, 2.05) is 6.07 Å². The van der Waals surface area contributed by atoms with Gasteiger partial charge in [0.1, 0.15) is 16.7 Å². The van der Waals surface area contributed by atoms with Gasteiger partial charge < -0.3 is 14.4 Å². The predicted molar refractivity (Wildman–Crippen MR) is 108 cm³/mol. The van der Waals surface area contributed by atoms with Crippen molar-refractivity contribution in [1.82, 2.24) is 14.8 Å². The van der Waals surface area contributed by atoms with Crippen LogP contribution < -0.4 is 14.4 Å². The number of benzene rings is 1. The molecule has 7 nitrogen and oxygen atoms in total. The molecule has 2 aromatic heterocycles. The third-order valence-corrected chi connectivity index (χ3v) is 4.63. The lowest BCUT2D eigenvalue weighted by Gasteiger charge is -2.23. The Balaban J connectivity index is 2.03. The van der Waals surface area contributed by atoms with E-state index in [0.29, 0.717) is 17.2 Å². The minimum Gasteiger partial charge on any atom is -0.497 e. The van der Waals surface area contributed by atoms with Gasteiger partial charge in [0.25, 0.3) is 5.91 Å². The maximum Gasteiger partial charge on any atom is 0.260 e. The summed E-state index contributed by atoms with van der Waals surface area (Å²) >= 11 is 12.2. The molecule has 0 bridgehead atoms. The fourth-order valence-corrected chi connectivity index (χ4v) is 3.05. The van der Waals surface area contributed by atoms with Crippen LogP contribution in [0.3, 0.4) is 0 Å². The lowest BCUT2D eigenvalue weighted by molar-refractivity contribution is 0.0985. The number of anilines is 1. The number of methoxy groups -OCH3 is 2. The van der Waals surface area contributed by atoms with Gasteiger partial charge in [0.2, 0.25) is 0 Å². The number of hydrogen-bond acceptors (Lipinski definition) is 5. The molecule has 0 unspecified atom stereocenters. The molecule has 0 saturated heterocycles. The van der Waals surface area contributed by atoms with E-state index in [2.05, 4.69) is 10.1 Å². The molecular formula is C19H18Cl2N4O3. The first-order valence-electron chi connectivity index (χ1n) is 8.25. The molecule has 0 saturated carbocycles. The van der Waals surface area contributed by atoms with E-state index in [-0.39, 0.29) is 28.2 Å². The first-order chi connectivity index (χ1) is 13.4. The van der Waals surface area contributed by atoms with E-state index in [4.69, 9.17) is 32.7 Å². The summed E-state index contributed by atoms with van der Waals surface area (Å²) in [6.07, 6.45) is 4.70. The summed E-state index contributed by atoms with van der Waals surface area (Å²) in [7, 11) is 4.92. The van der Waals surface area contributed by atoms with Gasteiger partial charge in [0.05, 0.1) is 43.2 Å². The molecule has 0 aliphatic rings. The maximum absolute atomic E-state index is 13.3. The van der Waals surface area contributed by atoms with Crippen molar-refractivity contribution in [3.05, 3.63) is 64.2 Å². The van der Waals surface area contributed by atoms with Crippen LogP contribution in [0.5, 0.6) is 11.5 Å². The van der Waals surface area contributed by atoms with Crippen molar-refractivity contribution >= 4 is 34.8 Å². The van der Waals surface area contributed by atoms with Gasteiger partial charge in [-0.25, -0.2) is 4.98 Å². The average Bonchev–Trinajstić information content (AvgIpc) is 3.13. The van der Waals surface area contributed by atoms with Crippen LogP contribution >= 0.6 is 23.2 Å². The zero-order valence-electron chi connectivity index (χ0n) is 15.5. The number of aromatic nitrogens is 3. The first kappa shape index (κ1) is 20.0. The highest BCUT2D eigenvalue weighted by Crippen LogP contribution is 2.29. The van der Waals surface area contributed by atoms with E-state index < -0.39 is 0 Å². The molecule has 3 aromatic rings. The van der Waals surface area contributed by atoms with Crippen molar-refractivity contribution in [3.8, 4) is 11.5 Å². The number of ether oxygens (including phenoxy) is 2. The predicted octanol–water partition coefficient (Wildman–Crippen LogP) is 3.99. The quantitative estimate of drug-likeness (QED) is 0.563. The van der Waals surface area contributed by atoms with Crippen LogP contribution in [0.4, 0.5) is 5.69 Å². The van der Waals surface area contributed by atoms with Crippen molar-refractivity contribution in [1.29, 1.82) is 0 Å². The van der Waals surface area contributed by atoms with Crippen LogP contribution in [0, 0.1) is 0 Å². The molecule has 0 aliphatic carbocycles. The maximum atomic E-state index is 13.3. The molecule has 0 fully saturated rings. The number of carbonyl (C=O) groups excluding carboxylic acids is 1. The molecule has 0 radical (unpaired) electrons. The molecule has 146 valence electrons. The van der Waals surface area contributed by atoms with Crippen LogP contribution in [0.25, 0.3) is 0 Å². The van der Waals surface area contributed by atoms with Gasteiger partial charge in [-0.3, -0.25) is 9.48 Å². The Kier molecular flexibility index (Phi) is 6.06. The third kappa shape index (κ3) is 4.21. The van der Waals surface area contributed by atoms with Gasteiger partial charge in [-0.05, 0) is 18.2 Å². The average molecular weight is 421 g/mol. The number of rotatable bonds is 6. The largest absolute Gasteiger partial charge is 0.497 e. The Morgan fingerprint density at radius 3 is 2.61 bits per heavy atom. The number of hydrogen-bond donors (Lipinski definition) is 0. The minimum atomic E-state index is -0.333. The molecule has 0 N–H and O–H groups in total. The lowest BCUT2D eigenvalue weighted by atomic mass is 10.1. The Bertz CT molecular complexity index is 1010. The van der Waals surface area contributed by atoms with Crippen molar-refractivity contribution < 1.29 is 14.3 Å². The van der Waals surface area contributed by atoms with Crippen molar-refractivity contribution in [3.63, 3.8) is 0 Å². The second-order valence-corrected chi connectivity index (χ2v) is 6.72. The Hall–Kier alpha value is -2.77. The zero-order chi connectivity index (χ0) is 20.3.